The van der Waals surface area contributed by atoms with Crippen molar-refractivity contribution in [1.82, 2.24) is 0 Å². The van der Waals surface area contributed by atoms with E-state index in [1.807, 2.05) is 12.1 Å². The largest absolute Gasteiger partial charge is 0.280 e. The average molecular weight is 367 g/mol. The zero-order chi connectivity index (χ0) is 18.2. The Bertz CT molecular complexity index is 922. The third-order valence-electron chi connectivity index (χ3n) is 3.57. The molecule has 0 saturated carbocycles. The summed E-state index contributed by atoms with van der Waals surface area (Å²) in [4.78, 5) is 0.0887. The zero-order valence-electron chi connectivity index (χ0n) is 14.1. The second kappa shape index (κ2) is 6.22. The molecule has 0 aromatic heterocycles. The van der Waals surface area contributed by atoms with E-state index >= 15 is 0 Å². The Kier molecular flexibility index (Phi) is 4.79. The van der Waals surface area contributed by atoms with Gasteiger partial charge in [0.2, 0.25) is 0 Å². The topological polar surface area (TPSA) is 80.3 Å². The van der Waals surface area contributed by atoms with E-state index in [-0.39, 0.29) is 15.2 Å². The lowest BCUT2D eigenvalue weighted by Crippen LogP contribution is -2.14. The minimum Gasteiger partial charge on any atom is -0.280 e. The van der Waals surface area contributed by atoms with Crippen LogP contribution in [0.2, 0.25) is 0 Å². The normalized spacial score (nSPS) is 12.8. The summed E-state index contributed by atoms with van der Waals surface area (Å²) in [6.07, 6.45) is 1.07. The summed E-state index contributed by atoms with van der Waals surface area (Å²) in [5.74, 6) is 0. The molecule has 0 spiro atoms. The van der Waals surface area contributed by atoms with Gasteiger partial charge in [0.05, 0.1) is 9.79 Å². The molecule has 2 aromatic rings. The van der Waals surface area contributed by atoms with Crippen LogP contribution in [0.15, 0.2) is 58.3 Å². The monoisotopic (exact) mass is 367 g/mol. The van der Waals surface area contributed by atoms with Crippen LogP contribution in [0, 0.1) is 0 Å². The van der Waals surface area contributed by atoms with Crippen LogP contribution in [-0.4, -0.2) is 23.1 Å². The average Bonchev–Trinajstić information content (AvgIpc) is 2.46. The van der Waals surface area contributed by atoms with Crippen molar-refractivity contribution in [3.63, 3.8) is 0 Å². The number of benzene rings is 2. The zero-order valence-corrected chi connectivity index (χ0v) is 15.7. The number of sulfone groups is 1. The molecule has 0 saturated heterocycles. The third kappa shape index (κ3) is 4.36. The van der Waals surface area contributed by atoms with Crippen molar-refractivity contribution in [2.24, 2.45) is 0 Å². The number of nitrogens with one attached hydrogen (secondary N) is 1. The first-order valence-electron chi connectivity index (χ1n) is 7.33. The van der Waals surface area contributed by atoms with Crippen molar-refractivity contribution in [2.45, 2.75) is 36.0 Å². The first kappa shape index (κ1) is 18.5. The molecule has 0 atom stereocenters. The van der Waals surface area contributed by atoms with Crippen LogP contribution < -0.4 is 4.72 Å². The summed E-state index contributed by atoms with van der Waals surface area (Å²) in [6, 6.07) is 12.3. The Morgan fingerprint density at radius 2 is 1.21 bits per heavy atom. The molecule has 5 nitrogen and oxygen atoms in total. The maximum absolute atomic E-state index is 12.4. The minimum atomic E-state index is -3.77. The molecule has 2 aromatic carbocycles. The van der Waals surface area contributed by atoms with E-state index in [2.05, 4.69) is 25.5 Å². The predicted octanol–water partition coefficient (Wildman–Crippen LogP) is 3.19. The first-order valence-corrected chi connectivity index (χ1v) is 10.7. The summed E-state index contributed by atoms with van der Waals surface area (Å²) in [5.41, 5.74) is 1.54. The fourth-order valence-electron chi connectivity index (χ4n) is 2.12. The molecular formula is C17H21NO4S2. The Balaban J connectivity index is 2.25. The predicted molar refractivity (Wildman–Crippen MR) is 95.5 cm³/mol. The van der Waals surface area contributed by atoms with Gasteiger partial charge >= 0.3 is 0 Å². The van der Waals surface area contributed by atoms with Gasteiger partial charge in [-0.25, -0.2) is 16.8 Å². The van der Waals surface area contributed by atoms with Crippen molar-refractivity contribution in [3.05, 3.63) is 54.1 Å². The molecule has 130 valence electrons. The van der Waals surface area contributed by atoms with E-state index < -0.39 is 19.9 Å². The highest BCUT2D eigenvalue weighted by atomic mass is 32.2. The summed E-state index contributed by atoms with van der Waals surface area (Å²) < 4.78 is 50.1. The minimum absolute atomic E-state index is 0.00907. The van der Waals surface area contributed by atoms with Crippen LogP contribution in [0.25, 0.3) is 0 Å². The van der Waals surface area contributed by atoms with Gasteiger partial charge in [0, 0.05) is 11.9 Å². The van der Waals surface area contributed by atoms with E-state index in [0.29, 0.717) is 5.69 Å². The van der Waals surface area contributed by atoms with Crippen molar-refractivity contribution >= 4 is 25.5 Å². The number of sulfonamides is 1. The van der Waals surface area contributed by atoms with Crippen molar-refractivity contribution in [3.8, 4) is 0 Å². The number of hydrogen-bond acceptors (Lipinski definition) is 4. The van der Waals surface area contributed by atoms with E-state index in [1.54, 1.807) is 12.1 Å². The van der Waals surface area contributed by atoms with Crippen LogP contribution in [0.3, 0.4) is 0 Å². The van der Waals surface area contributed by atoms with Crippen molar-refractivity contribution < 1.29 is 16.8 Å². The Hall–Kier alpha value is -1.86. The summed E-state index contributed by atoms with van der Waals surface area (Å²) in [5, 5.41) is 0. The summed E-state index contributed by atoms with van der Waals surface area (Å²) in [7, 11) is -7.13. The third-order valence-corrected chi connectivity index (χ3v) is 6.09. The van der Waals surface area contributed by atoms with Crippen LogP contribution in [0.1, 0.15) is 26.3 Å². The fraction of sp³-hybridized carbons (Fsp3) is 0.294. The van der Waals surface area contributed by atoms with Gasteiger partial charge in [0.25, 0.3) is 10.0 Å². The molecule has 7 heteroatoms. The lowest BCUT2D eigenvalue weighted by molar-refractivity contribution is 0.590. The number of rotatable bonds is 4. The van der Waals surface area contributed by atoms with Gasteiger partial charge in [-0.15, -0.1) is 0 Å². The van der Waals surface area contributed by atoms with Gasteiger partial charge < -0.3 is 0 Å². The maximum atomic E-state index is 12.4. The van der Waals surface area contributed by atoms with Crippen LogP contribution in [0.4, 0.5) is 5.69 Å². The molecular weight excluding hydrogens is 346 g/mol. The maximum Gasteiger partial charge on any atom is 0.261 e. The van der Waals surface area contributed by atoms with Crippen LogP contribution in [0.5, 0.6) is 0 Å². The fourth-order valence-corrected chi connectivity index (χ4v) is 3.81. The van der Waals surface area contributed by atoms with E-state index in [1.165, 1.54) is 24.3 Å². The standard InChI is InChI=1S/C17H21NO4S2/c1-17(2,3)13-5-7-14(8-6-13)18-24(21,22)16-11-9-15(10-12-16)23(4,19)20/h5-12,18H,1-4H3. The van der Waals surface area contributed by atoms with Crippen molar-refractivity contribution in [1.29, 1.82) is 0 Å². The Labute approximate surface area is 143 Å². The van der Waals surface area contributed by atoms with E-state index in [9.17, 15) is 16.8 Å². The lowest BCUT2D eigenvalue weighted by Gasteiger charge is -2.19. The van der Waals surface area contributed by atoms with E-state index in [0.717, 1.165) is 11.8 Å². The lowest BCUT2D eigenvalue weighted by atomic mass is 9.87. The molecule has 1 N–H and O–H groups in total. The molecule has 0 amide bonds. The van der Waals surface area contributed by atoms with Gasteiger partial charge in [-0.05, 0) is 47.4 Å². The molecule has 0 aliphatic heterocycles. The molecule has 0 unspecified atom stereocenters. The molecule has 0 fully saturated rings. The van der Waals surface area contributed by atoms with Gasteiger partial charge in [0.15, 0.2) is 9.84 Å². The molecule has 0 heterocycles. The second-order valence-corrected chi connectivity index (χ2v) is 10.4. The van der Waals surface area contributed by atoms with Gasteiger partial charge in [0.1, 0.15) is 0 Å². The smallest absolute Gasteiger partial charge is 0.261 e. The van der Waals surface area contributed by atoms with Crippen LogP contribution in [-0.2, 0) is 25.3 Å². The highest BCUT2D eigenvalue weighted by Crippen LogP contribution is 2.24. The second-order valence-electron chi connectivity index (χ2n) is 6.68. The van der Waals surface area contributed by atoms with Gasteiger partial charge in [-0.3, -0.25) is 4.72 Å². The first-order chi connectivity index (χ1) is 10.9. The SMILES string of the molecule is CC(C)(C)c1ccc(NS(=O)(=O)c2ccc(S(C)(=O)=O)cc2)cc1. The summed E-state index contributed by atoms with van der Waals surface area (Å²) in [6.45, 7) is 6.24. The molecule has 0 aliphatic carbocycles. The Morgan fingerprint density at radius 1 is 0.750 bits per heavy atom. The van der Waals surface area contributed by atoms with E-state index in [4.69, 9.17) is 0 Å². The van der Waals surface area contributed by atoms with Crippen molar-refractivity contribution in [2.75, 3.05) is 11.0 Å². The van der Waals surface area contributed by atoms with Gasteiger partial charge in [-0.2, -0.15) is 0 Å². The number of anilines is 1. The molecule has 0 aliphatic rings. The molecule has 0 radical (unpaired) electrons. The molecule has 2 rings (SSSR count). The molecule has 24 heavy (non-hydrogen) atoms. The summed E-state index contributed by atoms with van der Waals surface area (Å²) >= 11 is 0. The Morgan fingerprint density at radius 3 is 1.62 bits per heavy atom. The highest BCUT2D eigenvalue weighted by Gasteiger charge is 2.17. The molecule has 0 bridgehead atoms. The number of hydrogen-bond donors (Lipinski definition) is 1. The highest BCUT2D eigenvalue weighted by molar-refractivity contribution is 7.92. The van der Waals surface area contributed by atoms with Crippen LogP contribution >= 0.6 is 0 Å². The van der Waals surface area contributed by atoms with Gasteiger partial charge in [-0.1, -0.05) is 32.9 Å². The quantitative estimate of drug-likeness (QED) is 0.900.